The molecule has 1 saturated carbocycles. The van der Waals surface area contributed by atoms with Crippen LogP contribution in [0, 0.1) is 11.8 Å². The maximum atomic E-state index is 10.7. The minimum atomic E-state index is -0.808. The van der Waals surface area contributed by atoms with Crippen molar-refractivity contribution in [3.05, 3.63) is 29.8 Å². The molecule has 3 nitrogen and oxygen atoms in total. The Labute approximate surface area is 114 Å². The average molecular weight is 262 g/mol. The third-order valence-corrected chi connectivity index (χ3v) is 3.69. The molecule has 19 heavy (non-hydrogen) atoms. The monoisotopic (exact) mass is 262 g/mol. The van der Waals surface area contributed by atoms with Crippen LogP contribution in [-0.4, -0.2) is 17.2 Å². The van der Waals surface area contributed by atoms with E-state index in [1.165, 1.54) is 6.42 Å². The van der Waals surface area contributed by atoms with Crippen LogP contribution in [0.5, 0.6) is 5.75 Å². The highest BCUT2D eigenvalue weighted by Gasteiger charge is 2.25. The van der Waals surface area contributed by atoms with Crippen molar-refractivity contribution in [2.24, 2.45) is 11.8 Å². The van der Waals surface area contributed by atoms with Crippen LogP contribution in [0.1, 0.15) is 38.7 Å². The average Bonchev–Trinajstić information content (AvgIpc) is 2.26. The van der Waals surface area contributed by atoms with Gasteiger partial charge in [-0.25, -0.2) is 0 Å². The molecule has 1 aliphatic rings. The Balaban J connectivity index is 2.00. The quantitative estimate of drug-likeness (QED) is 0.903. The van der Waals surface area contributed by atoms with E-state index in [-0.39, 0.29) is 12.5 Å². The van der Waals surface area contributed by atoms with E-state index >= 15 is 0 Å². The molecule has 0 bridgehead atoms. The van der Waals surface area contributed by atoms with E-state index in [4.69, 9.17) is 9.84 Å². The SMILES string of the molecule is CC1CC(C)CC(Oc2cccc(CC(=O)O)c2)C1. The maximum Gasteiger partial charge on any atom is 0.307 e. The first-order chi connectivity index (χ1) is 9.02. The van der Waals surface area contributed by atoms with Crippen LogP contribution in [0.25, 0.3) is 0 Å². The maximum absolute atomic E-state index is 10.7. The van der Waals surface area contributed by atoms with Gasteiger partial charge in [0.15, 0.2) is 0 Å². The summed E-state index contributed by atoms with van der Waals surface area (Å²) in [7, 11) is 0. The van der Waals surface area contributed by atoms with Gasteiger partial charge in [-0.1, -0.05) is 26.0 Å². The molecular formula is C16H22O3. The second kappa shape index (κ2) is 6.09. The first kappa shape index (κ1) is 13.9. The predicted molar refractivity (Wildman–Crippen MR) is 74.4 cm³/mol. The van der Waals surface area contributed by atoms with E-state index in [9.17, 15) is 4.79 Å². The summed E-state index contributed by atoms with van der Waals surface area (Å²) in [6, 6.07) is 7.45. The van der Waals surface area contributed by atoms with Gasteiger partial charge in [-0.15, -0.1) is 0 Å². The highest BCUT2D eigenvalue weighted by molar-refractivity contribution is 5.70. The van der Waals surface area contributed by atoms with Gasteiger partial charge in [-0.3, -0.25) is 4.79 Å². The number of ether oxygens (including phenoxy) is 1. The van der Waals surface area contributed by atoms with Gasteiger partial charge < -0.3 is 9.84 Å². The van der Waals surface area contributed by atoms with Gasteiger partial charge in [0, 0.05) is 0 Å². The molecule has 2 unspecified atom stereocenters. The number of carboxylic acids is 1. The van der Waals surface area contributed by atoms with Gasteiger partial charge >= 0.3 is 5.97 Å². The summed E-state index contributed by atoms with van der Waals surface area (Å²) < 4.78 is 6.03. The molecule has 2 atom stereocenters. The molecular weight excluding hydrogens is 240 g/mol. The Morgan fingerprint density at radius 1 is 1.26 bits per heavy atom. The molecule has 1 aromatic rings. The topological polar surface area (TPSA) is 46.5 Å². The molecule has 2 rings (SSSR count). The number of carboxylic acid groups (broad SMARTS) is 1. The van der Waals surface area contributed by atoms with E-state index in [1.807, 2.05) is 24.3 Å². The van der Waals surface area contributed by atoms with Gasteiger partial charge in [0.05, 0.1) is 12.5 Å². The largest absolute Gasteiger partial charge is 0.490 e. The fourth-order valence-electron chi connectivity index (χ4n) is 3.07. The van der Waals surface area contributed by atoms with Crippen LogP contribution in [0.4, 0.5) is 0 Å². The number of rotatable bonds is 4. The number of hydrogen-bond acceptors (Lipinski definition) is 2. The molecule has 0 spiro atoms. The van der Waals surface area contributed by atoms with Crippen molar-refractivity contribution in [3.63, 3.8) is 0 Å². The first-order valence-corrected chi connectivity index (χ1v) is 7.00. The molecule has 0 aliphatic heterocycles. The van der Waals surface area contributed by atoms with Gasteiger partial charge in [0.2, 0.25) is 0 Å². The van der Waals surface area contributed by atoms with E-state index in [0.29, 0.717) is 11.8 Å². The minimum absolute atomic E-state index is 0.0503. The zero-order valence-corrected chi connectivity index (χ0v) is 11.6. The normalized spacial score (nSPS) is 26.9. The molecule has 1 aromatic carbocycles. The fraction of sp³-hybridized carbons (Fsp3) is 0.562. The van der Waals surface area contributed by atoms with E-state index in [1.54, 1.807) is 0 Å². The lowest BCUT2D eigenvalue weighted by atomic mass is 9.82. The summed E-state index contributed by atoms with van der Waals surface area (Å²) in [5.74, 6) is 1.40. The molecule has 1 aliphatic carbocycles. The third kappa shape index (κ3) is 4.27. The lowest BCUT2D eigenvalue weighted by Gasteiger charge is -2.31. The summed E-state index contributed by atoms with van der Waals surface area (Å²) >= 11 is 0. The second-order valence-electron chi connectivity index (χ2n) is 5.88. The van der Waals surface area contributed by atoms with E-state index in [2.05, 4.69) is 13.8 Å². The van der Waals surface area contributed by atoms with Gasteiger partial charge in [0.1, 0.15) is 5.75 Å². The van der Waals surface area contributed by atoms with Crippen molar-refractivity contribution in [3.8, 4) is 5.75 Å². The smallest absolute Gasteiger partial charge is 0.307 e. The molecule has 0 radical (unpaired) electrons. The number of carbonyl (C=O) groups is 1. The molecule has 0 amide bonds. The lowest BCUT2D eigenvalue weighted by Crippen LogP contribution is -2.28. The number of benzene rings is 1. The van der Waals surface area contributed by atoms with Crippen molar-refractivity contribution >= 4 is 5.97 Å². The summed E-state index contributed by atoms with van der Waals surface area (Å²) in [5, 5.41) is 8.81. The van der Waals surface area contributed by atoms with Crippen LogP contribution in [-0.2, 0) is 11.2 Å². The van der Waals surface area contributed by atoms with Crippen LogP contribution in [0.15, 0.2) is 24.3 Å². The van der Waals surface area contributed by atoms with Crippen LogP contribution in [0.2, 0.25) is 0 Å². The fourth-order valence-corrected chi connectivity index (χ4v) is 3.07. The van der Waals surface area contributed by atoms with E-state index < -0.39 is 5.97 Å². The second-order valence-corrected chi connectivity index (χ2v) is 5.88. The summed E-state index contributed by atoms with van der Waals surface area (Å²) in [5.41, 5.74) is 0.793. The lowest BCUT2D eigenvalue weighted by molar-refractivity contribution is -0.136. The Kier molecular flexibility index (Phi) is 4.46. The molecule has 3 heteroatoms. The van der Waals surface area contributed by atoms with Gasteiger partial charge in [-0.05, 0) is 48.8 Å². The molecule has 104 valence electrons. The Morgan fingerprint density at radius 2 is 1.95 bits per heavy atom. The molecule has 0 heterocycles. The van der Waals surface area contributed by atoms with Crippen LogP contribution in [0.3, 0.4) is 0 Å². The molecule has 1 fully saturated rings. The van der Waals surface area contributed by atoms with Crippen LogP contribution < -0.4 is 4.74 Å². The van der Waals surface area contributed by atoms with E-state index in [0.717, 1.165) is 24.2 Å². The molecule has 0 aromatic heterocycles. The number of aliphatic carboxylic acids is 1. The highest BCUT2D eigenvalue weighted by atomic mass is 16.5. The zero-order chi connectivity index (χ0) is 13.8. The summed E-state index contributed by atoms with van der Waals surface area (Å²) in [4.78, 5) is 10.7. The zero-order valence-electron chi connectivity index (χ0n) is 11.6. The third-order valence-electron chi connectivity index (χ3n) is 3.69. The summed E-state index contributed by atoms with van der Waals surface area (Å²) in [6.45, 7) is 4.54. The van der Waals surface area contributed by atoms with Gasteiger partial charge in [0.25, 0.3) is 0 Å². The summed E-state index contributed by atoms with van der Waals surface area (Å²) in [6.07, 6.45) is 3.77. The van der Waals surface area contributed by atoms with Crippen LogP contribution >= 0.6 is 0 Å². The van der Waals surface area contributed by atoms with Crippen molar-refractivity contribution in [1.29, 1.82) is 0 Å². The molecule has 1 N–H and O–H groups in total. The molecule has 0 saturated heterocycles. The first-order valence-electron chi connectivity index (χ1n) is 7.00. The van der Waals surface area contributed by atoms with Crippen molar-refractivity contribution in [2.75, 3.05) is 0 Å². The minimum Gasteiger partial charge on any atom is -0.490 e. The Bertz CT molecular complexity index is 431. The van der Waals surface area contributed by atoms with Crippen molar-refractivity contribution < 1.29 is 14.6 Å². The van der Waals surface area contributed by atoms with Crippen molar-refractivity contribution in [2.45, 2.75) is 45.6 Å². The Hall–Kier alpha value is -1.51. The van der Waals surface area contributed by atoms with Gasteiger partial charge in [-0.2, -0.15) is 0 Å². The Morgan fingerprint density at radius 3 is 2.58 bits per heavy atom. The standard InChI is InChI=1S/C16H22O3/c1-11-6-12(2)8-15(7-11)19-14-5-3-4-13(9-14)10-16(17)18/h3-5,9,11-12,15H,6-8,10H2,1-2H3,(H,17,18). The predicted octanol–water partition coefficient (Wildman–Crippen LogP) is 3.52. The van der Waals surface area contributed by atoms with Crippen molar-refractivity contribution in [1.82, 2.24) is 0 Å². The number of hydrogen-bond donors (Lipinski definition) is 1. The highest BCUT2D eigenvalue weighted by Crippen LogP contribution is 2.31.